The molecule has 1 aliphatic carbocycles. The van der Waals surface area contributed by atoms with Gasteiger partial charge in [-0.15, -0.1) is 0 Å². The molecule has 0 spiro atoms. The van der Waals surface area contributed by atoms with Crippen molar-refractivity contribution in [3.63, 3.8) is 0 Å². The van der Waals surface area contributed by atoms with Gasteiger partial charge in [-0.3, -0.25) is 9.59 Å². The normalized spacial score (nSPS) is 15.9. The van der Waals surface area contributed by atoms with E-state index in [9.17, 15) is 23.5 Å². The van der Waals surface area contributed by atoms with Crippen LogP contribution in [0.4, 0.5) is 8.78 Å². The maximum absolute atomic E-state index is 14.4. The summed E-state index contributed by atoms with van der Waals surface area (Å²) in [5.74, 6) is -3.18. The molecule has 2 amide bonds. The van der Waals surface area contributed by atoms with Crippen LogP contribution < -0.4 is 5.73 Å². The van der Waals surface area contributed by atoms with Crippen LogP contribution in [0.2, 0.25) is 0 Å². The van der Waals surface area contributed by atoms with Crippen LogP contribution in [-0.2, 0) is 11.2 Å². The van der Waals surface area contributed by atoms with Crippen molar-refractivity contribution in [1.29, 1.82) is 0 Å². The number of halogens is 2. The number of primary amides is 1. The van der Waals surface area contributed by atoms with E-state index in [0.717, 1.165) is 6.07 Å². The first-order valence-electron chi connectivity index (χ1n) is 9.81. The molecule has 0 fully saturated rings. The second-order valence-electron chi connectivity index (χ2n) is 7.46. The standard InChI is InChI=1S/C24H20F2N2O3/c25-15-12-18-16(19(26)13-15)10-11-20(18)28(24(31)17-8-4-5-9-21(17)29)22(23(27)30)14-6-2-1-3-7-14/h1-9,12-13,20,22,29H,10-11H2,(H2,27,30)/t20-,22?/m1/s1. The minimum absolute atomic E-state index is 0.0324. The highest BCUT2D eigenvalue weighted by atomic mass is 19.1. The highest BCUT2D eigenvalue weighted by Gasteiger charge is 2.41. The average Bonchev–Trinajstić information content (AvgIpc) is 3.16. The Kier molecular flexibility index (Phi) is 5.42. The molecule has 0 saturated heterocycles. The Balaban J connectivity index is 1.90. The molecular weight excluding hydrogens is 402 g/mol. The molecule has 0 radical (unpaired) electrons. The van der Waals surface area contributed by atoms with Gasteiger partial charge in [0.05, 0.1) is 11.6 Å². The van der Waals surface area contributed by atoms with Crippen LogP contribution in [0.5, 0.6) is 5.75 Å². The van der Waals surface area contributed by atoms with Crippen LogP contribution in [0.1, 0.15) is 45.6 Å². The number of phenolic OH excluding ortho intramolecular Hbond substituents is 1. The van der Waals surface area contributed by atoms with Crippen molar-refractivity contribution >= 4 is 11.8 Å². The van der Waals surface area contributed by atoms with Gasteiger partial charge in [-0.25, -0.2) is 8.78 Å². The van der Waals surface area contributed by atoms with Crippen molar-refractivity contribution in [1.82, 2.24) is 4.90 Å². The smallest absolute Gasteiger partial charge is 0.259 e. The summed E-state index contributed by atoms with van der Waals surface area (Å²) in [6.07, 6.45) is 0.558. The molecule has 0 heterocycles. The Bertz CT molecular complexity index is 1150. The number of rotatable bonds is 5. The monoisotopic (exact) mass is 422 g/mol. The fourth-order valence-corrected chi connectivity index (χ4v) is 4.24. The SMILES string of the molecule is NC(=O)C(c1ccccc1)N(C(=O)c1ccccc1O)[C@@H]1CCc2c(F)cc(F)cc21. The summed E-state index contributed by atoms with van der Waals surface area (Å²) in [6.45, 7) is 0. The molecule has 3 N–H and O–H groups in total. The zero-order valence-electron chi connectivity index (χ0n) is 16.5. The average molecular weight is 422 g/mol. The van der Waals surface area contributed by atoms with Crippen molar-refractivity contribution in [2.24, 2.45) is 5.73 Å². The van der Waals surface area contributed by atoms with Gasteiger partial charge in [0.2, 0.25) is 5.91 Å². The number of hydrogen-bond acceptors (Lipinski definition) is 3. The Morgan fingerprint density at radius 1 is 1.03 bits per heavy atom. The van der Waals surface area contributed by atoms with E-state index >= 15 is 0 Å². The van der Waals surface area contributed by atoms with E-state index in [4.69, 9.17) is 5.73 Å². The third-order valence-corrected chi connectivity index (χ3v) is 5.59. The van der Waals surface area contributed by atoms with E-state index in [2.05, 4.69) is 0 Å². The summed E-state index contributed by atoms with van der Waals surface area (Å²) in [5, 5.41) is 10.3. The summed E-state index contributed by atoms with van der Waals surface area (Å²) in [7, 11) is 0. The number of para-hydroxylation sites is 1. The number of benzene rings is 3. The predicted molar refractivity (Wildman–Crippen MR) is 110 cm³/mol. The van der Waals surface area contributed by atoms with Crippen LogP contribution in [-0.4, -0.2) is 21.8 Å². The lowest BCUT2D eigenvalue weighted by molar-refractivity contribution is -0.123. The lowest BCUT2D eigenvalue weighted by Gasteiger charge is -2.36. The molecule has 5 nitrogen and oxygen atoms in total. The van der Waals surface area contributed by atoms with Crippen molar-refractivity contribution in [3.8, 4) is 5.75 Å². The van der Waals surface area contributed by atoms with Gasteiger partial charge in [-0.1, -0.05) is 42.5 Å². The molecule has 0 saturated carbocycles. The van der Waals surface area contributed by atoms with E-state index in [1.165, 1.54) is 23.1 Å². The zero-order valence-corrected chi connectivity index (χ0v) is 16.5. The molecule has 1 unspecified atom stereocenters. The first-order valence-corrected chi connectivity index (χ1v) is 9.81. The van der Waals surface area contributed by atoms with Crippen LogP contribution >= 0.6 is 0 Å². The molecule has 3 aromatic carbocycles. The number of aromatic hydroxyl groups is 1. The predicted octanol–water partition coefficient (Wildman–Crippen LogP) is 4.03. The molecule has 31 heavy (non-hydrogen) atoms. The van der Waals surface area contributed by atoms with E-state index in [1.54, 1.807) is 42.5 Å². The van der Waals surface area contributed by atoms with Gasteiger partial charge < -0.3 is 15.7 Å². The van der Waals surface area contributed by atoms with Crippen LogP contribution in [0.15, 0.2) is 66.7 Å². The molecule has 4 rings (SSSR count). The molecule has 0 aliphatic heterocycles. The van der Waals surface area contributed by atoms with Crippen molar-refractivity contribution in [2.45, 2.75) is 24.9 Å². The van der Waals surface area contributed by atoms with E-state index < -0.39 is 35.5 Å². The molecule has 1 aliphatic rings. The number of amides is 2. The van der Waals surface area contributed by atoms with E-state index in [1.807, 2.05) is 0 Å². The summed E-state index contributed by atoms with van der Waals surface area (Å²) in [5.41, 5.74) is 6.76. The maximum atomic E-state index is 14.4. The van der Waals surface area contributed by atoms with E-state index in [-0.39, 0.29) is 24.2 Å². The summed E-state index contributed by atoms with van der Waals surface area (Å²) in [6, 6.07) is 14.4. The first-order chi connectivity index (χ1) is 14.9. The molecular formula is C24H20F2N2O3. The third-order valence-electron chi connectivity index (χ3n) is 5.59. The molecule has 3 aromatic rings. The molecule has 2 atom stereocenters. The van der Waals surface area contributed by atoms with Gasteiger partial charge >= 0.3 is 0 Å². The Labute approximate surface area is 177 Å². The number of hydrogen-bond donors (Lipinski definition) is 2. The number of nitrogens with zero attached hydrogens (tertiary/aromatic N) is 1. The number of carbonyl (C=O) groups is 2. The highest BCUT2D eigenvalue weighted by Crippen LogP contribution is 2.42. The number of carbonyl (C=O) groups excluding carboxylic acids is 2. The summed E-state index contributed by atoms with van der Waals surface area (Å²) < 4.78 is 28.4. The summed E-state index contributed by atoms with van der Waals surface area (Å²) >= 11 is 0. The lowest BCUT2D eigenvalue weighted by atomic mass is 9.97. The molecule has 7 heteroatoms. The van der Waals surface area contributed by atoms with Gasteiger partial charge in [0.15, 0.2) is 0 Å². The molecule has 0 bridgehead atoms. The second kappa shape index (κ2) is 8.18. The Hall–Kier alpha value is -3.74. The number of phenols is 1. The van der Waals surface area contributed by atoms with Crippen LogP contribution in [0, 0.1) is 11.6 Å². The maximum Gasteiger partial charge on any atom is 0.259 e. The minimum Gasteiger partial charge on any atom is -0.507 e. The van der Waals surface area contributed by atoms with Gasteiger partial charge in [0.25, 0.3) is 5.91 Å². The van der Waals surface area contributed by atoms with Crippen molar-refractivity contribution in [2.75, 3.05) is 0 Å². The number of nitrogens with two attached hydrogens (primary N) is 1. The van der Waals surface area contributed by atoms with Gasteiger partial charge in [0.1, 0.15) is 23.4 Å². The van der Waals surface area contributed by atoms with Crippen LogP contribution in [0.25, 0.3) is 0 Å². The largest absolute Gasteiger partial charge is 0.507 e. The van der Waals surface area contributed by atoms with Crippen molar-refractivity contribution < 1.29 is 23.5 Å². The van der Waals surface area contributed by atoms with E-state index in [0.29, 0.717) is 16.7 Å². The highest BCUT2D eigenvalue weighted by molar-refractivity contribution is 6.00. The van der Waals surface area contributed by atoms with Gasteiger partial charge in [-0.2, -0.15) is 0 Å². The lowest BCUT2D eigenvalue weighted by Crippen LogP contribution is -2.43. The van der Waals surface area contributed by atoms with Crippen molar-refractivity contribution in [3.05, 3.63) is 101 Å². The third kappa shape index (κ3) is 3.74. The number of fused-ring (bicyclic) bond motifs is 1. The second-order valence-corrected chi connectivity index (χ2v) is 7.46. The Morgan fingerprint density at radius 2 is 1.71 bits per heavy atom. The minimum atomic E-state index is -1.20. The zero-order chi connectivity index (χ0) is 22.1. The topological polar surface area (TPSA) is 83.6 Å². The van der Waals surface area contributed by atoms with Gasteiger partial charge in [0, 0.05) is 6.07 Å². The van der Waals surface area contributed by atoms with Gasteiger partial charge in [-0.05, 0) is 47.7 Å². The fraction of sp³-hybridized carbons (Fsp3) is 0.167. The summed E-state index contributed by atoms with van der Waals surface area (Å²) in [4.78, 5) is 27.4. The molecule has 158 valence electrons. The quantitative estimate of drug-likeness (QED) is 0.651. The molecule has 0 aromatic heterocycles. The first kappa shape index (κ1) is 20.5. The van der Waals surface area contributed by atoms with Crippen LogP contribution in [0.3, 0.4) is 0 Å². The Morgan fingerprint density at radius 3 is 2.39 bits per heavy atom. The fourth-order valence-electron chi connectivity index (χ4n) is 4.24.